The lowest BCUT2D eigenvalue weighted by atomic mass is 10.1. The SMILES string of the molecule is CCCCCCCOc1ccc(C#Cc2ccc(C3OC=CO3)cc2)cc1. The molecular formula is C24H26O3. The Balaban J connectivity index is 1.47. The summed E-state index contributed by atoms with van der Waals surface area (Å²) >= 11 is 0. The third-order valence-electron chi connectivity index (χ3n) is 4.36. The van der Waals surface area contributed by atoms with Crippen LogP contribution in [0, 0.1) is 11.8 Å². The highest BCUT2D eigenvalue weighted by atomic mass is 16.7. The molecule has 0 bridgehead atoms. The molecule has 3 nitrogen and oxygen atoms in total. The van der Waals surface area contributed by atoms with Crippen LogP contribution in [0.5, 0.6) is 5.75 Å². The lowest BCUT2D eigenvalue weighted by Gasteiger charge is -2.09. The highest BCUT2D eigenvalue weighted by Crippen LogP contribution is 2.23. The van der Waals surface area contributed by atoms with Gasteiger partial charge in [-0.3, -0.25) is 0 Å². The fourth-order valence-electron chi connectivity index (χ4n) is 2.79. The summed E-state index contributed by atoms with van der Waals surface area (Å²) in [5.74, 6) is 7.28. The largest absolute Gasteiger partial charge is 0.494 e. The molecule has 0 N–H and O–H groups in total. The number of hydrogen-bond acceptors (Lipinski definition) is 3. The number of unbranched alkanes of at least 4 members (excludes halogenated alkanes) is 4. The molecule has 0 fully saturated rings. The van der Waals surface area contributed by atoms with Gasteiger partial charge in [0.1, 0.15) is 18.3 Å². The van der Waals surface area contributed by atoms with Crippen molar-refractivity contribution in [3.63, 3.8) is 0 Å². The van der Waals surface area contributed by atoms with Crippen LogP contribution in [0.25, 0.3) is 0 Å². The van der Waals surface area contributed by atoms with E-state index in [1.165, 1.54) is 25.7 Å². The standard InChI is InChI=1S/C24H26O3/c1-2-3-4-5-6-17-25-23-15-11-21(12-16-23)8-7-20-9-13-22(14-10-20)24-26-18-19-27-24/h9-16,18-19,24H,2-6,17H2,1H3. The fourth-order valence-corrected chi connectivity index (χ4v) is 2.79. The van der Waals surface area contributed by atoms with E-state index in [0.717, 1.165) is 35.5 Å². The highest BCUT2D eigenvalue weighted by Gasteiger charge is 2.14. The van der Waals surface area contributed by atoms with Gasteiger partial charge in [0.15, 0.2) is 0 Å². The summed E-state index contributed by atoms with van der Waals surface area (Å²) in [5.41, 5.74) is 2.90. The number of hydrogen-bond donors (Lipinski definition) is 0. The summed E-state index contributed by atoms with van der Waals surface area (Å²) < 4.78 is 16.4. The zero-order chi connectivity index (χ0) is 18.7. The van der Waals surface area contributed by atoms with Crippen molar-refractivity contribution in [2.45, 2.75) is 45.3 Å². The van der Waals surface area contributed by atoms with Crippen molar-refractivity contribution >= 4 is 0 Å². The molecule has 0 aliphatic carbocycles. The minimum Gasteiger partial charge on any atom is -0.494 e. The van der Waals surface area contributed by atoms with Crippen LogP contribution in [0.1, 0.15) is 62.0 Å². The minimum absolute atomic E-state index is 0.341. The van der Waals surface area contributed by atoms with Crippen LogP contribution in [0.15, 0.2) is 61.1 Å². The Kier molecular flexibility index (Phi) is 7.24. The Labute approximate surface area is 162 Å². The molecule has 3 rings (SSSR count). The van der Waals surface area contributed by atoms with Crippen LogP contribution in [-0.2, 0) is 9.47 Å². The summed E-state index contributed by atoms with van der Waals surface area (Å²) in [6.45, 7) is 3.01. The van der Waals surface area contributed by atoms with Gasteiger partial charge in [-0.1, -0.05) is 56.6 Å². The monoisotopic (exact) mass is 362 g/mol. The average molecular weight is 362 g/mol. The zero-order valence-electron chi connectivity index (χ0n) is 15.8. The Morgan fingerprint density at radius 2 is 1.37 bits per heavy atom. The summed E-state index contributed by atoms with van der Waals surface area (Å²) in [6, 6.07) is 15.9. The van der Waals surface area contributed by atoms with E-state index in [4.69, 9.17) is 14.2 Å². The molecule has 0 saturated heterocycles. The van der Waals surface area contributed by atoms with E-state index < -0.39 is 0 Å². The Morgan fingerprint density at radius 1 is 0.778 bits per heavy atom. The smallest absolute Gasteiger partial charge is 0.266 e. The Bertz CT molecular complexity index is 771. The van der Waals surface area contributed by atoms with Crippen LogP contribution in [0.4, 0.5) is 0 Å². The first kappa shape index (κ1) is 18.9. The summed E-state index contributed by atoms with van der Waals surface area (Å²) in [6.07, 6.45) is 9.01. The first-order chi connectivity index (χ1) is 13.3. The summed E-state index contributed by atoms with van der Waals surface area (Å²) in [7, 11) is 0. The molecule has 0 unspecified atom stereocenters. The van der Waals surface area contributed by atoms with Crippen molar-refractivity contribution in [1.29, 1.82) is 0 Å². The van der Waals surface area contributed by atoms with Gasteiger partial charge in [0.2, 0.25) is 0 Å². The first-order valence-corrected chi connectivity index (χ1v) is 9.66. The van der Waals surface area contributed by atoms with E-state index in [2.05, 4.69) is 18.8 Å². The van der Waals surface area contributed by atoms with E-state index in [-0.39, 0.29) is 6.29 Å². The maximum absolute atomic E-state index is 5.79. The normalized spacial score (nSPS) is 12.8. The van der Waals surface area contributed by atoms with Crippen LogP contribution in [0.2, 0.25) is 0 Å². The molecule has 2 aromatic carbocycles. The lowest BCUT2D eigenvalue weighted by molar-refractivity contribution is -0.0245. The molecule has 140 valence electrons. The van der Waals surface area contributed by atoms with E-state index in [1.54, 1.807) is 12.5 Å². The molecule has 1 aliphatic rings. The van der Waals surface area contributed by atoms with Crippen LogP contribution in [0.3, 0.4) is 0 Å². The van der Waals surface area contributed by atoms with Gasteiger partial charge in [0.05, 0.1) is 6.61 Å². The molecule has 0 radical (unpaired) electrons. The highest BCUT2D eigenvalue weighted by molar-refractivity contribution is 5.45. The van der Waals surface area contributed by atoms with Gasteiger partial charge in [-0.15, -0.1) is 0 Å². The van der Waals surface area contributed by atoms with Crippen LogP contribution >= 0.6 is 0 Å². The Morgan fingerprint density at radius 3 is 2.00 bits per heavy atom. The second kappa shape index (κ2) is 10.3. The average Bonchev–Trinajstić information content (AvgIpc) is 3.25. The molecule has 27 heavy (non-hydrogen) atoms. The van der Waals surface area contributed by atoms with Crippen molar-refractivity contribution < 1.29 is 14.2 Å². The van der Waals surface area contributed by atoms with E-state index >= 15 is 0 Å². The van der Waals surface area contributed by atoms with Gasteiger partial charge in [0.25, 0.3) is 6.29 Å². The third kappa shape index (κ3) is 6.11. The fraction of sp³-hybridized carbons (Fsp3) is 0.333. The van der Waals surface area contributed by atoms with Crippen molar-refractivity contribution in [2.75, 3.05) is 6.61 Å². The molecule has 1 heterocycles. The number of ether oxygens (including phenoxy) is 3. The molecule has 0 spiro atoms. The van der Waals surface area contributed by atoms with Gasteiger partial charge in [-0.05, 0) is 42.8 Å². The minimum atomic E-state index is -0.341. The number of benzene rings is 2. The molecule has 2 aromatic rings. The van der Waals surface area contributed by atoms with Crippen molar-refractivity contribution in [2.24, 2.45) is 0 Å². The zero-order valence-corrected chi connectivity index (χ0v) is 15.8. The predicted molar refractivity (Wildman–Crippen MR) is 107 cm³/mol. The van der Waals surface area contributed by atoms with Gasteiger partial charge >= 0.3 is 0 Å². The first-order valence-electron chi connectivity index (χ1n) is 9.66. The van der Waals surface area contributed by atoms with Gasteiger partial charge in [-0.25, -0.2) is 0 Å². The quantitative estimate of drug-likeness (QED) is 0.429. The van der Waals surface area contributed by atoms with Gasteiger partial charge in [-0.2, -0.15) is 0 Å². The van der Waals surface area contributed by atoms with Crippen molar-refractivity contribution in [1.82, 2.24) is 0 Å². The molecule has 3 heteroatoms. The molecule has 0 aromatic heterocycles. The third-order valence-corrected chi connectivity index (χ3v) is 4.36. The molecule has 0 amide bonds. The lowest BCUT2D eigenvalue weighted by Crippen LogP contribution is -1.97. The second-order valence-corrected chi connectivity index (χ2v) is 6.54. The molecule has 0 saturated carbocycles. The maximum atomic E-state index is 5.79. The second-order valence-electron chi connectivity index (χ2n) is 6.54. The summed E-state index contributed by atoms with van der Waals surface area (Å²) in [5, 5.41) is 0. The summed E-state index contributed by atoms with van der Waals surface area (Å²) in [4.78, 5) is 0. The van der Waals surface area contributed by atoms with Crippen molar-refractivity contribution in [3.05, 3.63) is 77.7 Å². The molecule has 1 aliphatic heterocycles. The van der Waals surface area contributed by atoms with E-state index in [0.29, 0.717) is 0 Å². The Hall–Kier alpha value is -2.86. The topological polar surface area (TPSA) is 27.7 Å². The van der Waals surface area contributed by atoms with E-state index in [1.807, 2.05) is 48.5 Å². The molecule has 0 atom stereocenters. The number of rotatable bonds is 8. The van der Waals surface area contributed by atoms with Crippen LogP contribution in [-0.4, -0.2) is 6.61 Å². The van der Waals surface area contributed by atoms with Crippen LogP contribution < -0.4 is 4.74 Å². The van der Waals surface area contributed by atoms with Gasteiger partial charge in [0, 0.05) is 16.7 Å². The van der Waals surface area contributed by atoms with Gasteiger partial charge < -0.3 is 14.2 Å². The van der Waals surface area contributed by atoms with Crippen molar-refractivity contribution in [3.8, 4) is 17.6 Å². The molecular weight excluding hydrogens is 336 g/mol. The maximum Gasteiger partial charge on any atom is 0.266 e. The predicted octanol–water partition coefficient (Wildman–Crippen LogP) is 5.95. The van der Waals surface area contributed by atoms with E-state index in [9.17, 15) is 0 Å².